The Hall–Kier alpha value is -3.01. The first-order chi connectivity index (χ1) is 12.7. The van der Waals surface area contributed by atoms with Crippen LogP contribution in [0.5, 0.6) is 0 Å². The highest BCUT2D eigenvalue weighted by Gasteiger charge is 2.02. The van der Waals surface area contributed by atoms with Gasteiger partial charge in [0.2, 0.25) is 5.95 Å². The van der Waals surface area contributed by atoms with Crippen molar-refractivity contribution < 1.29 is 4.79 Å². The molecule has 0 aliphatic heterocycles. The first-order valence-corrected chi connectivity index (χ1v) is 8.88. The maximum Gasteiger partial charge on any atom is 0.222 e. The molecule has 0 spiro atoms. The Bertz CT molecular complexity index is 741. The summed E-state index contributed by atoms with van der Waals surface area (Å²) in [6, 6.07) is 19.7. The smallest absolute Gasteiger partial charge is 0.222 e. The largest absolute Gasteiger partial charge is 0.357 e. The molecule has 0 aliphatic carbocycles. The molecule has 1 aromatic heterocycles. The van der Waals surface area contributed by atoms with Gasteiger partial charge in [-0.25, -0.2) is 9.97 Å². The second-order valence-corrected chi connectivity index (χ2v) is 5.04. The van der Waals surface area contributed by atoms with Crippen molar-refractivity contribution in [1.82, 2.24) is 9.97 Å². The van der Waals surface area contributed by atoms with E-state index in [2.05, 4.69) is 27.4 Å². The van der Waals surface area contributed by atoms with Gasteiger partial charge in [-0.15, -0.1) is 0 Å². The molecule has 0 atom stereocenters. The Morgan fingerprint density at radius 3 is 1.85 bits per heavy atom. The summed E-state index contributed by atoms with van der Waals surface area (Å²) >= 11 is 0. The number of hydrogen-bond donors (Lipinski definition) is 1. The molecule has 0 unspecified atom stereocenters. The van der Waals surface area contributed by atoms with Crippen molar-refractivity contribution in [2.24, 2.45) is 0 Å². The summed E-state index contributed by atoms with van der Waals surface area (Å²) in [4.78, 5) is 19.2. The second-order valence-electron chi connectivity index (χ2n) is 5.04. The van der Waals surface area contributed by atoms with E-state index in [1.54, 1.807) is 25.5 Å². The lowest BCUT2D eigenvalue weighted by Gasteiger charge is -2.02. The van der Waals surface area contributed by atoms with Crippen molar-refractivity contribution in [3.05, 3.63) is 78.6 Å². The Balaban J connectivity index is 0.000000284. The molecule has 1 heterocycles. The van der Waals surface area contributed by atoms with Crippen molar-refractivity contribution in [2.75, 3.05) is 12.4 Å². The Kier molecular flexibility index (Phi) is 10.0. The SMILES string of the molecule is CC.CCC(=O)c1ccc(-c2ccccc2)cc1.CNc1ncccn1. The van der Waals surface area contributed by atoms with Crippen LogP contribution in [0, 0.1) is 0 Å². The number of Topliss-reactive ketones (excluding diaryl/α,β-unsaturated/α-hetero) is 1. The fourth-order valence-electron chi connectivity index (χ4n) is 2.11. The Morgan fingerprint density at radius 2 is 1.38 bits per heavy atom. The van der Waals surface area contributed by atoms with E-state index in [-0.39, 0.29) is 5.78 Å². The van der Waals surface area contributed by atoms with Gasteiger partial charge in [0.1, 0.15) is 0 Å². The number of nitrogens with one attached hydrogen (secondary N) is 1. The number of hydrogen-bond acceptors (Lipinski definition) is 4. The van der Waals surface area contributed by atoms with Crippen LogP contribution in [0.3, 0.4) is 0 Å². The van der Waals surface area contributed by atoms with E-state index in [0.717, 1.165) is 11.1 Å². The molecular formula is C22H27N3O. The van der Waals surface area contributed by atoms with Gasteiger partial charge >= 0.3 is 0 Å². The molecule has 1 N–H and O–H groups in total. The van der Waals surface area contributed by atoms with Crippen molar-refractivity contribution in [3.63, 3.8) is 0 Å². The average Bonchev–Trinajstić information content (AvgIpc) is 2.76. The maximum atomic E-state index is 11.5. The van der Waals surface area contributed by atoms with Crippen molar-refractivity contribution in [3.8, 4) is 11.1 Å². The summed E-state index contributed by atoms with van der Waals surface area (Å²) < 4.78 is 0. The monoisotopic (exact) mass is 349 g/mol. The lowest BCUT2D eigenvalue weighted by Crippen LogP contribution is -1.95. The molecule has 0 radical (unpaired) electrons. The lowest BCUT2D eigenvalue weighted by atomic mass is 10.0. The molecule has 0 bridgehead atoms. The van der Waals surface area contributed by atoms with Gasteiger partial charge in [-0.2, -0.15) is 0 Å². The van der Waals surface area contributed by atoms with Gasteiger partial charge in [0.15, 0.2) is 5.78 Å². The zero-order chi connectivity index (χ0) is 19.2. The van der Waals surface area contributed by atoms with Crippen LogP contribution < -0.4 is 5.32 Å². The van der Waals surface area contributed by atoms with Crippen molar-refractivity contribution in [2.45, 2.75) is 27.2 Å². The number of nitrogens with zero attached hydrogens (tertiary/aromatic N) is 2. The number of carbonyl (C=O) groups is 1. The zero-order valence-corrected chi connectivity index (χ0v) is 15.9. The van der Waals surface area contributed by atoms with Crippen LogP contribution in [0.2, 0.25) is 0 Å². The van der Waals surface area contributed by atoms with Crippen LogP contribution in [0.4, 0.5) is 5.95 Å². The topological polar surface area (TPSA) is 54.9 Å². The summed E-state index contributed by atoms with van der Waals surface area (Å²) in [5.41, 5.74) is 3.12. The third-order valence-corrected chi connectivity index (χ3v) is 3.42. The molecule has 3 rings (SSSR count). The fourth-order valence-corrected chi connectivity index (χ4v) is 2.11. The highest BCUT2D eigenvalue weighted by atomic mass is 16.1. The minimum atomic E-state index is 0.194. The number of carbonyl (C=O) groups excluding carboxylic acids is 1. The fraction of sp³-hybridized carbons (Fsp3) is 0.227. The molecule has 4 heteroatoms. The molecular weight excluding hydrogens is 322 g/mol. The molecule has 0 amide bonds. The predicted molar refractivity (Wildman–Crippen MR) is 109 cm³/mol. The Labute approximate surface area is 156 Å². The third-order valence-electron chi connectivity index (χ3n) is 3.42. The summed E-state index contributed by atoms with van der Waals surface area (Å²) in [6.07, 6.45) is 3.95. The average molecular weight is 349 g/mol. The van der Waals surface area contributed by atoms with Crippen LogP contribution in [0.1, 0.15) is 37.6 Å². The van der Waals surface area contributed by atoms with Gasteiger partial charge in [0, 0.05) is 31.4 Å². The highest BCUT2D eigenvalue weighted by molar-refractivity contribution is 5.96. The van der Waals surface area contributed by atoms with Gasteiger partial charge < -0.3 is 5.32 Å². The molecule has 0 aliphatic rings. The van der Waals surface area contributed by atoms with Crippen LogP contribution in [-0.4, -0.2) is 22.8 Å². The molecule has 26 heavy (non-hydrogen) atoms. The Morgan fingerprint density at radius 1 is 0.846 bits per heavy atom. The number of anilines is 1. The minimum Gasteiger partial charge on any atom is -0.357 e. The number of rotatable bonds is 4. The first kappa shape index (κ1) is 21.0. The highest BCUT2D eigenvalue weighted by Crippen LogP contribution is 2.19. The summed E-state index contributed by atoms with van der Waals surface area (Å²) in [7, 11) is 1.79. The van der Waals surface area contributed by atoms with E-state index in [4.69, 9.17) is 0 Å². The first-order valence-electron chi connectivity index (χ1n) is 8.88. The van der Waals surface area contributed by atoms with Gasteiger partial charge in [0.05, 0.1) is 0 Å². The van der Waals surface area contributed by atoms with E-state index in [0.29, 0.717) is 12.4 Å². The third kappa shape index (κ3) is 6.85. The minimum absolute atomic E-state index is 0.194. The summed E-state index contributed by atoms with van der Waals surface area (Å²) in [5.74, 6) is 0.854. The van der Waals surface area contributed by atoms with E-state index in [9.17, 15) is 4.79 Å². The zero-order valence-electron chi connectivity index (χ0n) is 15.9. The van der Waals surface area contributed by atoms with E-state index < -0.39 is 0 Å². The van der Waals surface area contributed by atoms with E-state index in [1.165, 1.54) is 5.56 Å². The van der Waals surface area contributed by atoms with Crippen LogP contribution in [-0.2, 0) is 0 Å². The van der Waals surface area contributed by atoms with Crippen molar-refractivity contribution in [1.29, 1.82) is 0 Å². The summed E-state index contributed by atoms with van der Waals surface area (Å²) in [5, 5.41) is 2.80. The summed E-state index contributed by atoms with van der Waals surface area (Å²) in [6.45, 7) is 5.88. The van der Waals surface area contributed by atoms with Gasteiger partial charge in [-0.1, -0.05) is 75.4 Å². The maximum absolute atomic E-state index is 11.5. The van der Waals surface area contributed by atoms with Crippen molar-refractivity contribution >= 4 is 11.7 Å². The van der Waals surface area contributed by atoms with Crippen LogP contribution >= 0.6 is 0 Å². The van der Waals surface area contributed by atoms with Crippen LogP contribution in [0.25, 0.3) is 11.1 Å². The van der Waals surface area contributed by atoms with E-state index in [1.807, 2.05) is 63.2 Å². The molecule has 0 saturated heterocycles. The van der Waals surface area contributed by atoms with Gasteiger partial charge in [-0.3, -0.25) is 4.79 Å². The molecule has 136 valence electrons. The molecule has 0 fully saturated rings. The van der Waals surface area contributed by atoms with Crippen LogP contribution in [0.15, 0.2) is 73.1 Å². The van der Waals surface area contributed by atoms with Gasteiger partial charge in [-0.05, 0) is 17.2 Å². The predicted octanol–water partition coefficient (Wildman–Crippen LogP) is 5.49. The second kappa shape index (κ2) is 12.4. The molecule has 2 aromatic carbocycles. The lowest BCUT2D eigenvalue weighted by molar-refractivity contribution is 0.0988. The quantitative estimate of drug-likeness (QED) is 0.633. The molecule has 3 aromatic rings. The van der Waals surface area contributed by atoms with E-state index >= 15 is 0 Å². The normalized spacial score (nSPS) is 9.08. The standard InChI is InChI=1S/C15H14O.C5H7N3.C2H6/c1-2-15(16)14-10-8-13(9-11-14)12-6-4-3-5-7-12;1-6-5-7-3-2-4-8-5;1-2/h3-11H,2H2,1H3;2-4H,1H3,(H,6,7,8);1-2H3. The number of aromatic nitrogens is 2. The molecule has 4 nitrogen and oxygen atoms in total. The number of ketones is 1. The number of benzene rings is 2. The molecule has 0 saturated carbocycles. The van der Waals surface area contributed by atoms with Gasteiger partial charge in [0.25, 0.3) is 0 Å².